The number of pyridine rings is 1. The summed E-state index contributed by atoms with van der Waals surface area (Å²) < 4.78 is 0. The Hall–Kier alpha value is -1.42. The lowest BCUT2D eigenvalue weighted by Gasteiger charge is -2.31. The molecular weight excluding hydrogens is 238 g/mol. The van der Waals surface area contributed by atoms with E-state index in [0.717, 1.165) is 18.5 Å². The van der Waals surface area contributed by atoms with Crippen LogP contribution in [0.1, 0.15) is 31.7 Å². The molecule has 2 atom stereocenters. The maximum absolute atomic E-state index is 12.4. The number of hydrogen-bond acceptors (Lipinski definition) is 3. The van der Waals surface area contributed by atoms with Gasteiger partial charge in [-0.2, -0.15) is 0 Å². The summed E-state index contributed by atoms with van der Waals surface area (Å²) >= 11 is 0. The van der Waals surface area contributed by atoms with Gasteiger partial charge in [-0.05, 0) is 43.0 Å². The highest BCUT2D eigenvalue weighted by Crippen LogP contribution is 2.20. The van der Waals surface area contributed by atoms with Gasteiger partial charge in [0.25, 0.3) is 0 Å². The number of carbonyl (C=O) groups excluding carboxylic acids is 1. The minimum absolute atomic E-state index is 0.00876. The van der Waals surface area contributed by atoms with E-state index in [4.69, 9.17) is 0 Å². The molecule has 1 saturated heterocycles. The Bertz CT molecular complexity index is 407. The van der Waals surface area contributed by atoms with E-state index in [9.17, 15) is 4.79 Å². The van der Waals surface area contributed by atoms with Gasteiger partial charge in [0.2, 0.25) is 5.91 Å². The maximum atomic E-state index is 12.4. The molecule has 1 N–H and O–H groups in total. The van der Waals surface area contributed by atoms with Gasteiger partial charge < -0.3 is 10.2 Å². The minimum atomic E-state index is -0.00876. The fraction of sp³-hybridized carbons (Fsp3) is 0.600. The monoisotopic (exact) mass is 261 g/mol. The molecule has 0 bridgehead atoms. The van der Waals surface area contributed by atoms with E-state index in [-0.39, 0.29) is 11.9 Å². The number of aromatic nitrogens is 1. The van der Waals surface area contributed by atoms with Crippen molar-refractivity contribution in [2.24, 2.45) is 5.92 Å². The molecule has 0 saturated carbocycles. The van der Waals surface area contributed by atoms with Crippen molar-refractivity contribution < 1.29 is 4.79 Å². The number of nitrogens with zero attached hydrogens (tertiary/aromatic N) is 2. The van der Waals surface area contributed by atoms with Crippen LogP contribution in [0.3, 0.4) is 0 Å². The molecule has 1 aliphatic rings. The lowest BCUT2D eigenvalue weighted by molar-refractivity contribution is -0.133. The summed E-state index contributed by atoms with van der Waals surface area (Å²) in [6.45, 7) is 3.81. The molecule has 104 valence electrons. The predicted molar refractivity (Wildman–Crippen MR) is 75.5 cm³/mol. The van der Waals surface area contributed by atoms with Crippen LogP contribution in [0.15, 0.2) is 24.5 Å². The third kappa shape index (κ3) is 3.77. The molecule has 19 heavy (non-hydrogen) atoms. The molecular formula is C15H23N3O. The van der Waals surface area contributed by atoms with Crippen LogP contribution < -0.4 is 5.32 Å². The van der Waals surface area contributed by atoms with E-state index in [1.165, 1.54) is 12.8 Å². The summed E-state index contributed by atoms with van der Waals surface area (Å²) in [6.07, 6.45) is 6.85. The van der Waals surface area contributed by atoms with E-state index in [0.29, 0.717) is 12.5 Å². The molecule has 0 aliphatic carbocycles. The predicted octanol–water partition coefficient (Wildman–Crippen LogP) is 1.82. The van der Waals surface area contributed by atoms with Crippen LogP contribution in [0, 0.1) is 5.92 Å². The summed E-state index contributed by atoms with van der Waals surface area (Å²) in [5.74, 6) is 0.888. The lowest BCUT2D eigenvalue weighted by atomic mass is 9.90. The SMILES string of the molecule is CCC1CCNC(C(=O)N(C)Cc2ccncc2)C1. The molecule has 0 spiro atoms. The Morgan fingerprint density at radius 1 is 1.47 bits per heavy atom. The summed E-state index contributed by atoms with van der Waals surface area (Å²) in [7, 11) is 1.88. The smallest absolute Gasteiger partial charge is 0.239 e. The van der Waals surface area contributed by atoms with Gasteiger partial charge in [0, 0.05) is 26.0 Å². The van der Waals surface area contributed by atoms with Crippen LogP contribution >= 0.6 is 0 Å². The van der Waals surface area contributed by atoms with Gasteiger partial charge in [0.05, 0.1) is 6.04 Å². The molecule has 2 rings (SSSR count). The van der Waals surface area contributed by atoms with Crippen molar-refractivity contribution in [1.82, 2.24) is 15.2 Å². The quantitative estimate of drug-likeness (QED) is 0.899. The Morgan fingerprint density at radius 2 is 2.21 bits per heavy atom. The average Bonchev–Trinajstić information content (AvgIpc) is 2.47. The zero-order valence-electron chi connectivity index (χ0n) is 11.8. The van der Waals surface area contributed by atoms with Crippen LogP contribution in [0.25, 0.3) is 0 Å². The van der Waals surface area contributed by atoms with Gasteiger partial charge in [-0.25, -0.2) is 0 Å². The Morgan fingerprint density at radius 3 is 2.89 bits per heavy atom. The highest BCUT2D eigenvalue weighted by molar-refractivity contribution is 5.81. The van der Waals surface area contributed by atoms with Crippen molar-refractivity contribution in [3.63, 3.8) is 0 Å². The second kappa shape index (κ2) is 6.66. The number of amides is 1. The number of hydrogen-bond donors (Lipinski definition) is 1. The van der Waals surface area contributed by atoms with Crippen molar-refractivity contribution in [2.75, 3.05) is 13.6 Å². The zero-order chi connectivity index (χ0) is 13.7. The van der Waals surface area contributed by atoms with Gasteiger partial charge in [-0.3, -0.25) is 9.78 Å². The van der Waals surface area contributed by atoms with Crippen LogP contribution in [0.2, 0.25) is 0 Å². The Balaban J connectivity index is 1.91. The fourth-order valence-electron chi connectivity index (χ4n) is 2.66. The van der Waals surface area contributed by atoms with E-state index < -0.39 is 0 Å². The molecule has 1 aliphatic heterocycles. The van der Waals surface area contributed by atoms with Gasteiger partial charge in [-0.1, -0.05) is 13.3 Å². The van der Waals surface area contributed by atoms with E-state index >= 15 is 0 Å². The average molecular weight is 261 g/mol. The molecule has 1 fully saturated rings. The zero-order valence-corrected chi connectivity index (χ0v) is 11.8. The standard InChI is InChI=1S/C15H23N3O/c1-3-12-6-9-17-14(10-12)15(19)18(2)11-13-4-7-16-8-5-13/h4-5,7-8,12,14,17H,3,6,9-11H2,1-2H3. The largest absolute Gasteiger partial charge is 0.340 e. The molecule has 1 aromatic rings. The van der Waals surface area contributed by atoms with Gasteiger partial charge >= 0.3 is 0 Å². The van der Waals surface area contributed by atoms with Crippen LogP contribution in [0.4, 0.5) is 0 Å². The number of piperidine rings is 1. The normalized spacial score (nSPS) is 23.1. The van der Waals surface area contributed by atoms with Crippen molar-refractivity contribution in [3.05, 3.63) is 30.1 Å². The highest BCUT2D eigenvalue weighted by atomic mass is 16.2. The fourth-order valence-corrected chi connectivity index (χ4v) is 2.66. The first-order valence-corrected chi connectivity index (χ1v) is 7.08. The second-order valence-corrected chi connectivity index (χ2v) is 5.36. The molecule has 1 aromatic heterocycles. The van der Waals surface area contributed by atoms with Crippen molar-refractivity contribution in [1.29, 1.82) is 0 Å². The highest BCUT2D eigenvalue weighted by Gasteiger charge is 2.27. The molecule has 4 heteroatoms. The first-order chi connectivity index (χ1) is 9.20. The van der Waals surface area contributed by atoms with Gasteiger partial charge in [-0.15, -0.1) is 0 Å². The van der Waals surface area contributed by atoms with E-state index in [1.54, 1.807) is 12.4 Å². The van der Waals surface area contributed by atoms with Crippen molar-refractivity contribution >= 4 is 5.91 Å². The van der Waals surface area contributed by atoms with Crippen LogP contribution in [-0.4, -0.2) is 35.4 Å². The van der Waals surface area contributed by atoms with Gasteiger partial charge in [0.15, 0.2) is 0 Å². The third-order valence-corrected chi connectivity index (χ3v) is 3.93. The maximum Gasteiger partial charge on any atom is 0.239 e. The number of rotatable bonds is 4. The molecule has 4 nitrogen and oxygen atoms in total. The van der Waals surface area contributed by atoms with E-state index in [2.05, 4.69) is 17.2 Å². The number of nitrogens with one attached hydrogen (secondary N) is 1. The Labute approximate surface area is 115 Å². The van der Waals surface area contributed by atoms with Crippen molar-refractivity contribution in [2.45, 2.75) is 38.8 Å². The number of likely N-dealkylation sites (N-methyl/N-ethyl adjacent to an activating group) is 1. The molecule has 2 heterocycles. The molecule has 1 amide bonds. The first kappa shape index (κ1) is 14.0. The van der Waals surface area contributed by atoms with Crippen LogP contribution in [0.5, 0.6) is 0 Å². The lowest BCUT2D eigenvalue weighted by Crippen LogP contribution is -2.49. The summed E-state index contributed by atoms with van der Waals surface area (Å²) in [5.41, 5.74) is 1.12. The molecule has 2 unspecified atom stereocenters. The topological polar surface area (TPSA) is 45.2 Å². The second-order valence-electron chi connectivity index (χ2n) is 5.36. The number of carbonyl (C=O) groups is 1. The molecule has 0 radical (unpaired) electrons. The van der Waals surface area contributed by atoms with Crippen LogP contribution in [-0.2, 0) is 11.3 Å². The Kier molecular flexibility index (Phi) is 4.91. The third-order valence-electron chi connectivity index (χ3n) is 3.93. The summed E-state index contributed by atoms with van der Waals surface area (Å²) in [6, 6.07) is 3.89. The van der Waals surface area contributed by atoms with Crippen molar-refractivity contribution in [3.8, 4) is 0 Å². The van der Waals surface area contributed by atoms with E-state index in [1.807, 2.05) is 24.1 Å². The first-order valence-electron chi connectivity index (χ1n) is 7.08. The molecule has 0 aromatic carbocycles. The summed E-state index contributed by atoms with van der Waals surface area (Å²) in [5, 5.41) is 3.35. The van der Waals surface area contributed by atoms with Gasteiger partial charge in [0.1, 0.15) is 0 Å². The summed E-state index contributed by atoms with van der Waals surface area (Å²) in [4.78, 5) is 18.2. The minimum Gasteiger partial charge on any atom is -0.340 e.